The fourth-order valence-corrected chi connectivity index (χ4v) is 3.98. The van der Waals surface area contributed by atoms with Gasteiger partial charge in [-0.25, -0.2) is 0 Å². The van der Waals surface area contributed by atoms with Crippen molar-refractivity contribution in [1.82, 2.24) is 0 Å². The molecule has 0 unspecified atom stereocenters. The van der Waals surface area contributed by atoms with Gasteiger partial charge >= 0.3 is 0 Å². The molecular formula is C9H15B. The summed E-state index contributed by atoms with van der Waals surface area (Å²) in [5.41, 5.74) is 0. The third kappa shape index (κ3) is 0.695. The largest absolute Gasteiger partial charge is 0.140 e. The second kappa shape index (κ2) is 1.81. The maximum Gasteiger partial charge on any atom is 0.140 e. The van der Waals surface area contributed by atoms with Crippen molar-refractivity contribution >= 4 is 6.71 Å². The zero-order chi connectivity index (χ0) is 6.55. The highest BCUT2D eigenvalue weighted by atomic mass is 14.4. The van der Waals surface area contributed by atoms with E-state index in [2.05, 4.69) is 0 Å². The van der Waals surface area contributed by atoms with Gasteiger partial charge in [-0.3, -0.25) is 0 Å². The Morgan fingerprint density at radius 1 is 0.700 bits per heavy atom. The van der Waals surface area contributed by atoms with Crippen LogP contribution in [0, 0.1) is 17.8 Å². The van der Waals surface area contributed by atoms with Crippen molar-refractivity contribution in [2.75, 3.05) is 0 Å². The summed E-state index contributed by atoms with van der Waals surface area (Å²) in [6.07, 6.45) is 9.62. The molecule has 54 valence electrons. The Balaban J connectivity index is 1.90. The van der Waals surface area contributed by atoms with E-state index in [1.165, 1.54) is 24.5 Å². The lowest BCUT2D eigenvalue weighted by Gasteiger charge is -2.48. The lowest BCUT2D eigenvalue weighted by Crippen LogP contribution is -2.42. The molecule has 4 aliphatic rings. The Kier molecular flexibility index (Phi) is 1.03. The van der Waals surface area contributed by atoms with E-state index in [-0.39, 0.29) is 0 Å². The van der Waals surface area contributed by atoms with Crippen LogP contribution in [0.25, 0.3) is 0 Å². The standard InChI is InChI=1S/C9H15B/c1-7-2-9-3-8(1)5-10(4-7)6-9/h7-9H,1-6H2. The lowest BCUT2D eigenvalue weighted by molar-refractivity contribution is 0.194. The van der Waals surface area contributed by atoms with Crippen LogP contribution in [0.3, 0.4) is 0 Å². The molecule has 0 nitrogen and oxygen atoms in total. The molecule has 4 rings (SSSR count). The van der Waals surface area contributed by atoms with Crippen LogP contribution in [0.5, 0.6) is 0 Å². The highest BCUT2D eigenvalue weighted by molar-refractivity contribution is 6.59. The van der Waals surface area contributed by atoms with Crippen molar-refractivity contribution < 1.29 is 0 Å². The molecule has 0 aromatic rings. The topological polar surface area (TPSA) is 0 Å². The van der Waals surface area contributed by atoms with Crippen LogP contribution in [0.2, 0.25) is 19.0 Å². The summed E-state index contributed by atoms with van der Waals surface area (Å²) >= 11 is 0. The van der Waals surface area contributed by atoms with E-state index in [0.717, 1.165) is 0 Å². The zero-order valence-electron chi connectivity index (χ0n) is 6.55. The van der Waals surface area contributed by atoms with Crippen LogP contribution in [-0.2, 0) is 0 Å². The smallest absolute Gasteiger partial charge is 0.0712 e. The average Bonchev–Trinajstić information content (AvgIpc) is 1.82. The van der Waals surface area contributed by atoms with Crippen LogP contribution in [-0.4, -0.2) is 6.71 Å². The molecule has 0 atom stereocenters. The van der Waals surface area contributed by atoms with Crippen LogP contribution < -0.4 is 0 Å². The van der Waals surface area contributed by atoms with E-state index >= 15 is 0 Å². The van der Waals surface area contributed by atoms with Gasteiger partial charge in [0.2, 0.25) is 0 Å². The predicted molar refractivity (Wildman–Crippen MR) is 44.5 cm³/mol. The van der Waals surface area contributed by atoms with E-state index in [1.54, 1.807) is 38.2 Å². The van der Waals surface area contributed by atoms with Crippen molar-refractivity contribution in [3.63, 3.8) is 0 Å². The van der Waals surface area contributed by atoms with Gasteiger partial charge in [0.1, 0.15) is 6.71 Å². The van der Waals surface area contributed by atoms with Gasteiger partial charge in [-0.2, -0.15) is 0 Å². The second-order valence-electron chi connectivity index (χ2n) is 4.88. The molecule has 0 radical (unpaired) electrons. The maximum atomic E-state index is 1.60. The quantitative estimate of drug-likeness (QED) is 0.446. The summed E-state index contributed by atoms with van der Waals surface area (Å²) in [7, 11) is 0. The summed E-state index contributed by atoms with van der Waals surface area (Å²) in [5, 5.41) is 0. The molecule has 0 spiro atoms. The summed E-state index contributed by atoms with van der Waals surface area (Å²) < 4.78 is 0. The van der Waals surface area contributed by atoms with E-state index in [9.17, 15) is 0 Å². The highest BCUT2D eigenvalue weighted by Gasteiger charge is 2.43. The molecule has 0 amide bonds. The summed E-state index contributed by atoms with van der Waals surface area (Å²) in [6.45, 7) is 1.18. The van der Waals surface area contributed by atoms with Crippen LogP contribution in [0.4, 0.5) is 0 Å². The van der Waals surface area contributed by atoms with Crippen molar-refractivity contribution in [1.29, 1.82) is 0 Å². The molecule has 3 saturated heterocycles. The van der Waals surface area contributed by atoms with Gasteiger partial charge in [-0.1, -0.05) is 19.0 Å². The van der Waals surface area contributed by atoms with E-state index < -0.39 is 0 Å². The number of rotatable bonds is 0. The van der Waals surface area contributed by atoms with E-state index in [0.29, 0.717) is 0 Å². The molecule has 3 heterocycles. The first-order valence-electron chi connectivity index (χ1n) is 4.90. The maximum absolute atomic E-state index is 1.60. The van der Waals surface area contributed by atoms with Crippen LogP contribution in [0.1, 0.15) is 19.3 Å². The Hall–Kier alpha value is 0.0649. The first-order valence-corrected chi connectivity index (χ1v) is 4.90. The first kappa shape index (κ1) is 5.68. The Morgan fingerprint density at radius 2 is 1.10 bits per heavy atom. The summed E-state index contributed by atoms with van der Waals surface area (Å²) in [4.78, 5) is 0. The molecule has 1 aliphatic carbocycles. The van der Waals surface area contributed by atoms with Gasteiger partial charge < -0.3 is 0 Å². The third-order valence-electron chi connectivity index (χ3n) is 4.00. The van der Waals surface area contributed by atoms with Gasteiger partial charge in [0.15, 0.2) is 0 Å². The van der Waals surface area contributed by atoms with Gasteiger partial charge in [0, 0.05) is 0 Å². The van der Waals surface area contributed by atoms with Gasteiger partial charge in [-0.05, 0) is 37.0 Å². The monoisotopic (exact) mass is 134 g/mol. The molecule has 4 bridgehead atoms. The molecule has 3 aliphatic heterocycles. The molecule has 1 heteroatoms. The van der Waals surface area contributed by atoms with Gasteiger partial charge in [0.25, 0.3) is 0 Å². The Morgan fingerprint density at radius 3 is 1.40 bits per heavy atom. The van der Waals surface area contributed by atoms with Crippen LogP contribution in [0.15, 0.2) is 0 Å². The minimum atomic E-state index is 1.18. The fraction of sp³-hybridized carbons (Fsp3) is 1.00. The number of hydrogen-bond donors (Lipinski definition) is 0. The van der Waals surface area contributed by atoms with E-state index in [1.807, 2.05) is 0 Å². The molecule has 4 fully saturated rings. The molecule has 0 aromatic heterocycles. The zero-order valence-corrected chi connectivity index (χ0v) is 6.55. The van der Waals surface area contributed by atoms with Crippen LogP contribution >= 0.6 is 0 Å². The molecule has 0 aromatic carbocycles. The third-order valence-corrected chi connectivity index (χ3v) is 4.00. The first-order chi connectivity index (χ1) is 4.90. The Labute approximate surface area is 63.5 Å². The van der Waals surface area contributed by atoms with Crippen molar-refractivity contribution in [2.24, 2.45) is 17.8 Å². The minimum Gasteiger partial charge on any atom is -0.0712 e. The molecule has 1 saturated carbocycles. The highest BCUT2D eigenvalue weighted by Crippen LogP contribution is 2.51. The summed E-state index contributed by atoms with van der Waals surface area (Å²) in [6, 6.07) is 0. The lowest BCUT2D eigenvalue weighted by atomic mass is 9.28. The Bertz CT molecular complexity index is 96.3. The van der Waals surface area contributed by atoms with Crippen molar-refractivity contribution in [2.45, 2.75) is 38.2 Å². The fourth-order valence-electron chi connectivity index (χ4n) is 3.98. The predicted octanol–water partition coefficient (Wildman–Crippen LogP) is 2.54. The molecule has 0 N–H and O–H groups in total. The number of hydrogen-bond acceptors (Lipinski definition) is 0. The second-order valence-corrected chi connectivity index (χ2v) is 4.88. The normalized spacial score (nSPS) is 50.4. The van der Waals surface area contributed by atoms with Gasteiger partial charge in [0.05, 0.1) is 0 Å². The van der Waals surface area contributed by atoms with E-state index in [4.69, 9.17) is 0 Å². The summed E-state index contributed by atoms with van der Waals surface area (Å²) in [5.74, 6) is 3.53. The average molecular weight is 134 g/mol. The SMILES string of the molecule is C1B2CC3CC1CC(C2)C3. The van der Waals surface area contributed by atoms with Crippen molar-refractivity contribution in [3.05, 3.63) is 0 Å². The van der Waals surface area contributed by atoms with Crippen molar-refractivity contribution in [3.8, 4) is 0 Å². The molecule has 10 heavy (non-hydrogen) atoms. The minimum absolute atomic E-state index is 1.18. The molecular weight excluding hydrogens is 119 g/mol. The van der Waals surface area contributed by atoms with Gasteiger partial charge in [-0.15, -0.1) is 0 Å².